The van der Waals surface area contributed by atoms with Crippen molar-refractivity contribution in [3.05, 3.63) is 15.6 Å². The summed E-state index contributed by atoms with van der Waals surface area (Å²) >= 11 is 1.71. The van der Waals surface area contributed by atoms with Gasteiger partial charge in [0.15, 0.2) is 0 Å². The summed E-state index contributed by atoms with van der Waals surface area (Å²) in [6, 6.07) is 0.0227. The van der Waals surface area contributed by atoms with Crippen molar-refractivity contribution in [2.75, 3.05) is 26.2 Å². The Kier molecular flexibility index (Phi) is 6.20. The zero-order chi connectivity index (χ0) is 16.1. The summed E-state index contributed by atoms with van der Waals surface area (Å²) in [5.74, 6) is 0.536. The van der Waals surface area contributed by atoms with E-state index in [1.807, 2.05) is 18.7 Å². The maximum Gasteiger partial charge on any atom is 0.317 e. The van der Waals surface area contributed by atoms with Gasteiger partial charge in [0, 0.05) is 37.5 Å². The lowest BCUT2D eigenvalue weighted by Crippen LogP contribution is -2.40. The Balaban J connectivity index is 1.68. The number of hydrogen-bond donors (Lipinski definition) is 1. The molecule has 1 N–H and O–H groups in total. The molecular weight excluding hydrogens is 298 g/mol. The smallest absolute Gasteiger partial charge is 0.317 e. The molecule has 0 saturated carbocycles. The fourth-order valence-electron chi connectivity index (χ4n) is 2.58. The fourth-order valence-corrected chi connectivity index (χ4v) is 3.51. The molecule has 1 fully saturated rings. The molecular formula is C16H27N3O2S. The maximum atomic E-state index is 12.2. The molecule has 2 heterocycles. The first-order chi connectivity index (χ1) is 10.5. The number of carbonyl (C=O) groups excluding carboxylic acids is 1. The third-order valence-electron chi connectivity index (χ3n) is 3.73. The first-order valence-electron chi connectivity index (χ1n) is 8.03. The maximum absolute atomic E-state index is 12.2. The largest absolute Gasteiger partial charge is 0.376 e. The highest BCUT2D eigenvalue weighted by atomic mass is 32.1. The van der Waals surface area contributed by atoms with Crippen LogP contribution in [-0.2, 0) is 11.2 Å². The lowest BCUT2D eigenvalue weighted by atomic mass is 10.2. The summed E-state index contributed by atoms with van der Waals surface area (Å²) < 4.78 is 5.81. The number of nitrogens with one attached hydrogen (secondary N) is 1. The van der Waals surface area contributed by atoms with E-state index < -0.39 is 0 Å². The highest BCUT2D eigenvalue weighted by molar-refractivity contribution is 7.11. The van der Waals surface area contributed by atoms with E-state index in [0.29, 0.717) is 19.0 Å². The Morgan fingerprint density at radius 3 is 2.91 bits per heavy atom. The summed E-state index contributed by atoms with van der Waals surface area (Å²) in [6.45, 7) is 11.2. The van der Waals surface area contributed by atoms with Crippen LogP contribution in [0.25, 0.3) is 0 Å². The standard InChI is InChI=1S/C16H27N3O2S/c1-11(2)10-21-14-6-8-19(9-14)16(20)17-7-5-15-12(3)18-13(4)22-15/h11,14H,5-10H2,1-4H3,(H,17,20)/t14-/m1/s1. The summed E-state index contributed by atoms with van der Waals surface area (Å²) in [7, 11) is 0. The number of aryl methyl sites for hydroxylation is 2. The van der Waals surface area contributed by atoms with Crippen molar-refractivity contribution < 1.29 is 9.53 Å². The quantitative estimate of drug-likeness (QED) is 0.875. The molecule has 2 amide bonds. The van der Waals surface area contributed by atoms with Gasteiger partial charge in [0.2, 0.25) is 0 Å². The zero-order valence-corrected chi connectivity index (χ0v) is 14.8. The van der Waals surface area contributed by atoms with Crippen LogP contribution in [0.2, 0.25) is 0 Å². The predicted molar refractivity (Wildman–Crippen MR) is 89.5 cm³/mol. The van der Waals surface area contributed by atoms with E-state index in [0.717, 1.165) is 36.7 Å². The Bertz CT molecular complexity index is 502. The van der Waals surface area contributed by atoms with Crippen molar-refractivity contribution >= 4 is 17.4 Å². The van der Waals surface area contributed by atoms with Crippen LogP contribution in [0.15, 0.2) is 0 Å². The van der Waals surface area contributed by atoms with E-state index in [4.69, 9.17) is 4.74 Å². The van der Waals surface area contributed by atoms with Gasteiger partial charge in [-0.2, -0.15) is 0 Å². The summed E-state index contributed by atoms with van der Waals surface area (Å²) in [5.41, 5.74) is 1.08. The number of urea groups is 1. The molecule has 0 spiro atoms. The van der Waals surface area contributed by atoms with Crippen LogP contribution in [0.4, 0.5) is 4.79 Å². The Hall–Kier alpha value is -1.14. The van der Waals surface area contributed by atoms with Crippen LogP contribution in [-0.4, -0.2) is 48.3 Å². The molecule has 0 aromatic carbocycles. The third-order valence-corrected chi connectivity index (χ3v) is 4.86. The third kappa shape index (κ3) is 4.95. The van der Waals surface area contributed by atoms with Gasteiger partial charge in [-0.3, -0.25) is 0 Å². The van der Waals surface area contributed by atoms with Crippen molar-refractivity contribution in [2.24, 2.45) is 5.92 Å². The van der Waals surface area contributed by atoms with Gasteiger partial charge in [0.05, 0.1) is 16.8 Å². The second-order valence-corrected chi connectivity index (χ2v) is 7.60. The van der Waals surface area contributed by atoms with Crippen molar-refractivity contribution in [2.45, 2.75) is 46.6 Å². The molecule has 2 rings (SSSR count). The molecule has 1 saturated heterocycles. The average molecular weight is 325 g/mol. The Labute approximate surface area is 137 Å². The van der Waals surface area contributed by atoms with Gasteiger partial charge < -0.3 is 15.0 Å². The van der Waals surface area contributed by atoms with E-state index in [1.165, 1.54) is 4.88 Å². The van der Waals surface area contributed by atoms with Crippen LogP contribution in [0.1, 0.15) is 35.8 Å². The molecule has 0 radical (unpaired) electrons. The van der Waals surface area contributed by atoms with E-state index >= 15 is 0 Å². The van der Waals surface area contributed by atoms with E-state index in [9.17, 15) is 4.79 Å². The number of aromatic nitrogens is 1. The van der Waals surface area contributed by atoms with Gasteiger partial charge in [0.25, 0.3) is 0 Å². The van der Waals surface area contributed by atoms with Gasteiger partial charge in [-0.15, -0.1) is 11.3 Å². The Morgan fingerprint density at radius 2 is 2.27 bits per heavy atom. The van der Waals surface area contributed by atoms with Crippen LogP contribution in [0.3, 0.4) is 0 Å². The first kappa shape index (κ1) is 17.2. The minimum Gasteiger partial charge on any atom is -0.376 e. The molecule has 6 heteroatoms. The molecule has 0 aliphatic carbocycles. The van der Waals surface area contributed by atoms with Crippen molar-refractivity contribution in [3.8, 4) is 0 Å². The number of carbonyl (C=O) groups is 1. The molecule has 1 aromatic heterocycles. The van der Waals surface area contributed by atoms with Gasteiger partial charge in [-0.25, -0.2) is 9.78 Å². The number of hydrogen-bond acceptors (Lipinski definition) is 4. The predicted octanol–water partition coefficient (Wildman–Crippen LogP) is 2.76. The summed E-state index contributed by atoms with van der Waals surface area (Å²) in [6.07, 6.45) is 1.98. The average Bonchev–Trinajstić information content (AvgIpc) is 3.03. The number of amides is 2. The molecule has 22 heavy (non-hydrogen) atoms. The minimum atomic E-state index is 0.0227. The molecule has 0 bridgehead atoms. The molecule has 124 valence electrons. The lowest BCUT2D eigenvalue weighted by Gasteiger charge is -2.18. The van der Waals surface area contributed by atoms with Crippen LogP contribution >= 0.6 is 11.3 Å². The number of likely N-dealkylation sites (tertiary alicyclic amines) is 1. The van der Waals surface area contributed by atoms with Crippen LogP contribution in [0, 0.1) is 19.8 Å². The molecule has 1 aliphatic heterocycles. The van der Waals surface area contributed by atoms with Gasteiger partial charge in [0.1, 0.15) is 0 Å². The van der Waals surface area contributed by atoms with Gasteiger partial charge in [-0.1, -0.05) is 13.8 Å². The minimum absolute atomic E-state index is 0.0227. The number of nitrogens with zero attached hydrogens (tertiary/aromatic N) is 2. The topological polar surface area (TPSA) is 54.5 Å². The Morgan fingerprint density at radius 1 is 1.50 bits per heavy atom. The first-order valence-corrected chi connectivity index (χ1v) is 8.84. The second kappa shape index (κ2) is 7.92. The van der Waals surface area contributed by atoms with Crippen molar-refractivity contribution in [3.63, 3.8) is 0 Å². The van der Waals surface area contributed by atoms with Crippen LogP contribution in [0.5, 0.6) is 0 Å². The lowest BCUT2D eigenvalue weighted by molar-refractivity contribution is 0.0436. The van der Waals surface area contributed by atoms with E-state index in [-0.39, 0.29) is 12.1 Å². The van der Waals surface area contributed by atoms with Crippen molar-refractivity contribution in [1.29, 1.82) is 0 Å². The van der Waals surface area contributed by atoms with Gasteiger partial charge in [-0.05, 0) is 26.2 Å². The highest BCUT2D eigenvalue weighted by Crippen LogP contribution is 2.17. The zero-order valence-electron chi connectivity index (χ0n) is 14.0. The van der Waals surface area contributed by atoms with Gasteiger partial charge >= 0.3 is 6.03 Å². The SMILES string of the molecule is Cc1nc(C)c(CCNC(=O)N2CC[C@@H](OCC(C)C)C2)s1. The summed E-state index contributed by atoms with van der Waals surface area (Å²) in [4.78, 5) is 19.7. The molecule has 0 unspecified atom stereocenters. The fraction of sp³-hybridized carbons (Fsp3) is 0.750. The number of rotatable bonds is 6. The van der Waals surface area contributed by atoms with E-state index in [2.05, 4.69) is 24.1 Å². The molecule has 1 aromatic rings. The highest BCUT2D eigenvalue weighted by Gasteiger charge is 2.26. The molecule has 1 atom stereocenters. The number of thiazole rings is 1. The van der Waals surface area contributed by atoms with Crippen LogP contribution < -0.4 is 5.32 Å². The molecule has 5 nitrogen and oxygen atoms in total. The normalized spacial score (nSPS) is 18.2. The molecule has 1 aliphatic rings. The van der Waals surface area contributed by atoms with E-state index in [1.54, 1.807) is 11.3 Å². The monoisotopic (exact) mass is 325 g/mol. The summed E-state index contributed by atoms with van der Waals surface area (Å²) in [5, 5.41) is 4.09. The second-order valence-electron chi connectivity index (χ2n) is 6.31. The van der Waals surface area contributed by atoms with Crippen molar-refractivity contribution in [1.82, 2.24) is 15.2 Å². The number of ether oxygens (including phenoxy) is 1.